The van der Waals surface area contributed by atoms with Crippen LogP contribution in [0.15, 0.2) is 0 Å². The SMILES string of the molecule is CC(=O)N1CCC(NCCOC2CCCC2)CC1. The fourth-order valence-corrected chi connectivity index (χ4v) is 2.94. The van der Waals surface area contributed by atoms with Crippen molar-refractivity contribution in [3.8, 4) is 0 Å². The van der Waals surface area contributed by atoms with Crippen LogP contribution < -0.4 is 5.32 Å². The predicted octanol–water partition coefficient (Wildman–Crippen LogP) is 1.55. The molecule has 0 aromatic rings. The van der Waals surface area contributed by atoms with Gasteiger partial charge in [0.25, 0.3) is 0 Å². The van der Waals surface area contributed by atoms with E-state index >= 15 is 0 Å². The van der Waals surface area contributed by atoms with E-state index in [4.69, 9.17) is 4.74 Å². The lowest BCUT2D eigenvalue weighted by molar-refractivity contribution is -0.129. The lowest BCUT2D eigenvalue weighted by Crippen LogP contribution is -2.45. The van der Waals surface area contributed by atoms with Gasteiger partial charge in [0, 0.05) is 32.6 Å². The van der Waals surface area contributed by atoms with Gasteiger partial charge in [0.2, 0.25) is 5.91 Å². The number of ether oxygens (including phenoxy) is 1. The molecule has 0 spiro atoms. The molecule has 1 heterocycles. The van der Waals surface area contributed by atoms with Crippen molar-refractivity contribution in [2.75, 3.05) is 26.2 Å². The number of likely N-dealkylation sites (tertiary alicyclic amines) is 1. The predicted molar refractivity (Wildman–Crippen MR) is 71.5 cm³/mol. The second-order valence-electron chi connectivity index (χ2n) is 5.51. The summed E-state index contributed by atoms with van der Waals surface area (Å²) in [6, 6.07) is 0.563. The van der Waals surface area contributed by atoms with Crippen LogP contribution in [0.2, 0.25) is 0 Å². The van der Waals surface area contributed by atoms with Crippen molar-refractivity contribution < 1.29 is 9.53 Å². The Hall–Kier alpha value is -0.610. The van der Waals surface area contributed by atoms with Gasteiger partial charge in [0.15, 0.2) is 0 Å². The van der Waals surface area contributed by atoms with E-state index in [0.717, 1.165) is 39.1 Å². The van der Waals surface area contributed by atoms with E-state index in [0.29, 0.717) is 12.1 Å². The zero-order valence-corrected chi connectivity index (χ0v) is 11.5. The van der Waals surface area contributed by atoms with E-state index in [2.05, 4.69) is 5.32 Å². The van der Waals surface area contributed by atoms with Crippen LogP contribution in [0, 0.1) is 0 Å². The van der Waals surface area contributed by atoms with Crippen molar-refractivity contribution in [2.24, 2.45) is 0 Å². The lowest BCUT2D eigenvalue weighted by atomic mass is 10.1. The zero-order chi connectivity index (χ0) is 12.8. The molecule has 0 atom stereocenters. The van der Waals surface area contributed by atoms with Crippen LogP contribution in [-0.2, 0) is 9.53 Å². The molecule has 1 saturated carbocycles. The number of hydrogen-bond donors (Lipinski definition) is 1. The molecule has 0 bridgehead atoms. The molecule has 1 saturated heterocycles. The molecule has 18 heavy (non-hydrogen) atoms. The molecule has 0 aromatic carbocycles. The van der Waals surface area contributed by atoms with Gasteiger partial charge in [-0.15, -0.1) is 0 Å². The third-order valence-electron chi connectivity index (χ3n) is 4.13. The fraction of sp³-hybridized carbons (Fsp3) is 0.929. The molecule has 0 radical (unpaired) electrons. The molecule has 1 N–H and O–H groups in total. The van der Waals surface area contributed by atoms with Crippen LogP contribution in [0.3, 0.4) is 0 Å². The van der Waals surface area contributed by atoms with Gasteiger partial charge < -0.3 is 15.0 Å². The molecule has 0 aromatic heterocycles. The van der Waals surface area contributed by atoms with Gasteiger partial charge in [-0.05, 0) is 25.7 Å². The van der Waals surface area contributed by atoms with Crippen molar-refractivity contribution in [1.29, 1.82) is 0 Å². The van der Waals surface area contributed by atoms with Crippen molar-refractivity contribution in [3.05, 3.63) is 0 Å². The van der Waals surface area contributed by atoms with E-state index in [1.54, 1.807) is 6.92 Å². The van der Waals surface area contributed by atoms with Gasteiger partial charge in [-0.1, -0.05) is 12.8 Å². The van der Waals surface area contributed by atoms with Crippen LogP contribution in [0.25, 0.3) is 0 Å². The molecule has 1 amide bonds. The number of rotatable bonds is 5. The van der Waals surface area contributed by atoms with Gasteiger partial charge in [0.1, 0.15) is 0 Å². The Morgan fingerprint density at radius 3 is 2.50 bits per heavy atom. The first-order valence-corrected chi connectivity index (χ1v) is 7.36. The number of piperidine rings is 1. The van der Waals surface area contributed by atoms with E-state index in [1.807, 2.05) is 4.90 Å². The smallest absolute Gasteiger partial charge is 0.219 e. The molecule has 2 rings (SSSR count). The molecule has 4 nitrogen and oxygen atoms in total. The number of nitrogens with one attached hydrogen (secondary N) is 1. The van der Waals surface area contributed by atoms with Crippen molar-refractivity contribution in [1.82, 2.24) is 10.2 Å². The monoisotopic (exact) mass is 254 g/mol. The Morgan fingerprint density at radius 1 is 1.22 bits per heavy atom. The summed E-state index contributed by atoms with van der Waals surface area (Å²) in [4.78, 5) is 13.1. The highest BCUT2D eigenvalue weighted by Gasteiger charge is 2.20. The summed E-state index contributed by atoms with van der Waals surface area (Å²) in [5.74, 6) is 0.206. The van der Waals surface area contributed by atoms with Crippen LogP contribution in [0.1, 0.15) is 45.4 Å². The normalized spacial score (nSPS) is 22.6. The summed E-state index contributed by atoms with van der Waals surface area (Å²) in [6.45, 7) is 5.23. The minimum Gasteiger partial charge on any atom is -0.377 e. The molecule has 1 aliphatic heterocycles. The van der Waals surface area contributed by atoms with Crippen LogP contribution in [0.5, 0.6) is 0 Å². The van der Waals surface area contributed by atoms with E-state index in [9.17, 15) is 4.79 Å². The molecule has 104 valence electrons. The van der Waals surface area contributed by atoms with Crippen molar-refractivity contribution in [3.63, 3.8) is 0 Å². The molecule has 1 aliphatic carbocycles. The standard InChI is InChI=1S/C14H26N2O2/c1-12(17)16-9-6-13(7-10-16)15-8-11-18-14-4-2-3-5-14/h13-15H,2-11H2,1H3. The fourth-order valence-electron chi connectivity index (χ4n) is 2.94. The van der Waals surface area contributed by atoms with Gasteiger partial charge in [-0.2, -0.15) is 0 Å². The summed E-state index contributed by atoms with van der Waals surface area (Å²) < 4.78 is 5.83. The van der Waals surface area contributed by atoms with Crippen LogP contribution >= 0.6 is 0 Å². The summed E-state index contributed by atoms with van der Waals surface area (Å²) in [5, 5.41) is 3.54. The van der Waals surface area contributed by atoms with Gasteiger partial charge in [0.05, 0.1) is 12.7 Å². The average Bonchev–Trinajstić information content (AvgIpc) is 2.88. The summed E-state index contributed by atoms with van der Waals surface area (Å²) in [7, 11) is 0. The van der Waals surface area contributed by atoms with Gasteiger partial charge in [-0.3, -0.25) is 4.79 Å². The number of hydrogen-bond acceptors (Lipinski definition) is 3. The van der Waals surface area contributed by atoms with E-state index in [1.165, 1.54) is 25.7 Å². The third-order valence-corrected chi connectivity index (χ3v) is 4.13. The van der Waals surface area contributed by atoms with Crippen LogP contribution in [0.4, 0.5) is 0 Å². The molecular weight excluding hydrogens is 228 g/mol. The second-order valence-corrected chi connectivity index (χ2v) is 5.51. The van der Waals surface area contributed by atoms with Gasteiger partial charge >= 0.3 is 0 Å². The Kier molecular flexibility index (Phi) is 5.45. The molecule has 2 aliphatic rings. The first kappa shape index (κ1) is 13.8. The maximum Gasteiger partial charge on any atom is 0.219 e. The minimum absolute atomic E-state index is 0.206. The quantitative estimate of drug-likeness (QED) is 0.757. The Balaban J connectivity index is 1.51. The van der Waals surface area contributed by atoms with Crippen LogP contribution in [-0.4, -0.2) is 49.2 Å². The summed E-state index contributed by atoms with van der Waals surface area (Å²) in [6.07, 6.45) is 7.83. The topological polar surface area (TPSA) is 41.6 Å². The van der Waals surface area contributed by atoms with E-state index < -0.39 is 0 Å². The third kappa shape index (κ3) is 4.25. The molecule has 2 fully saturated rings. The highest BCUT2D eigenvalue weighted by molar-refractivity contribution is 5.73. The average molecular weight is 254 g/mol. The summed E-state index contributed by atoms with van der Waals surface area (Å²) in [5.41, 5.74) is 0. The maximum atomic E-state index is 11.2. The first-order chi connectivity index (χ1) is 8.75. The van der Waals surface area contributed by atoms with Crippen molar-refractivity contribution >= 4 is 5.91 Å². The first-order valence-electron chi connectivity index (χ1n) is 7.36. The number of nitrogens with zero attached hydrogens (tertiary/aromatic N) is 1. The van der Waals surface area contributed by atoms with Gasteiger partial charge in [-0.25, -0.2) is 0 Å². The minimum atomic E-state index is 0.206. The lowest BCUT2D eigenvalue weighted by Gasteiger charge is -2.31. The number of carbonyl (C=O) groups excluding carboxylic acids is 1. The zero-order valence-electron chi connectivity index (χ0n) is 11.5. The molecular formula is C14H26N2O2. The molecule has 4 heteroatoms. The highest BCUT2D eigenvalue weighted by Crippen LogP contribution is 2.20. The number of amides is 1. The Labute approximate surface area is 110 Å². The Bertz CT molecular complexity index is 257. The van der Waals surface area contributed by atoms with E-state index in [-0.39, 0.29) is 5.91 Å². The Morgan fingerprint density at radius 2 is 1.89 bits per heavy atom. The van der Waals surface area contributed by atoms with Crippen molar-refractivity contribution in [2.45, 2.75) is 57.6 Å². The number of carbonyl (C=O) groups is 1. The highest BCUT2D eigenvalue weighted by atomic mass is 16.5. The summed E-state index contributed by atoms with van der Waals surface area (Å²) >= 11 is 0. The maximum absolute atomic E-state index is 11.2. The molecule has 0 unspecified atom stereocenters. The largest absolute Gasteiger partial charge is 0.377 e. The second kappa shape index (κ2) is 7.10.